The van der Waals surface area contributed by atoms with E-state index in [0.29, 0.717) is 0 Å². The number of carbonyl (C=O) groups excluding carboxylic acids is 1. The third kappa shape index (κ3) is 8.65. The van der Waals surface area contributed by atoms with Crippen LogP contribution in [-0.4, -0.2) is 42.7 Å². The lowest BCUT2D eigenvalue weighted by atomic mass is 9.80. The molecular weight excluding hydrogens is 558 g/mol. The molecule has 10 nitrogen and oxygen atoms in total. The lowest BCUT2D eigenvalue weighted by Gasteiger charge is -2.26. The first-order valence-electron chi connectivity index (χ1n) is 13.9. The van der Waals surface area contributed by atoms with Crippen LogP contribution in [0.4, 0.5) is 10.6 Å². The molecule has 2 aromatic heterocycles. The van der Waals surface area contributed by atoms with Gasteiger partial charge in [0, 0.05) is 6.54 Å². The van der Waals surface area contributed by atoms with Crippen molar-refractivity contribution in [2.45, 2.75) is 88.8 Å². The van der Waals surface area contributed by atoms with Crippen molar-refractivity contribution in [1.29, 1.82) is 0 Å². The third-order valence-corrected chi connectivity index (χ3v) is 8.50. The summed E-state index contributed by atoms with van der Waals surface area (Å²) in [7, 11) is -4.13. The van der Waals surface area contributed by atoms with Crippen molar-refractivity contribution in [1.82, 2.24) is 10.3 Å². The molecule has 0 aliphatic rings. The maximum atomic E-state index is 13.7. The van der Waals surface area contributed by atoms with Crippen molar-refractivity contribution in [2.75, 3.05) is 11.4 Å². The molecule has 0 spiro atoms. The van der Waals surface area contributed by atoms with E-state index in [1.807, 2.05) is 12.1 Å². The number of aliphatic carboxylic acids is 1. The number of benzene rings is 1. The summed E-state index contributed by atoms with van der Waals surface area (Å²) in [5, 5.41) is 10.9. The Balaban J connectivity index is 1.95. The number of anilines is 1. The molecular formula is C31H41N3O7S. The molecule has 3 rings (SSSR count). The van der Waals surface area contributed by atoms with Crippen LogP contribution in [-0.2, 0) is 31.3 Å². The molecule has 1 unspecified atom stereocenters. The zero-order chi connectivity index (χ0) is 31.1. The van der Waals surface area contributed by atoms with E-state index in [0.717, 1.165) is 29.7 Å². The Hall–Kier alpha value is -3.70. The van der Waals surface area contributed by atoms with Crippen molar-refractivity contribution in [3.05, 3.63) is 77.7 Å². The predicted molar refractivity (Wildman–Crippen MR) is 160 cm³/mol. The van der Waals surface area contributed by atoms with Gasteiger partial charge in [0.1, 0.15) is 18.0 Å². The number of nitrogens with one attached hydrogen (secondary N) is 1. The molecule has 3 aromatic rings. The summed E-state index contributed by atoms with van der Waals surface area (Å²) >= 11 is 0. The maximum absolute atomic E-state index is 13.7. The second kappa shape index (κ2) is 13.5. The van der Waals surface area contributed by atoms with Crippen LogP contribution in [0.15, 0.2) is 70.4 Å². The number of hydrogen-bond donors (Lipinski definition) is 2. The molecule has 1 atom stereocenters. The molecule has 0 aliphatic carbocycles. The second-order valence-electron chi connectivity index (χ2n) is 11.8. The van der Waals surface area contributed by atoms with Crippen molar-refractivity contribution in [3.63, 3.8) is 0 Å². The molecule has 2 N–H and O–H groups in total. The number of nitrogens with zero attached hydrogens (tertiary/aromatic N) is 2. The van der Waals surface area contributed by atoms with Crippen molar-refractivity contribution in [3.8, 4) is 0 Å². The number of amides is 1. The first-order chi connectivity index (χ1) is 19.6. The number of aromatic nitrogens is 1. The van der Waals surface area contributed by atoms with Crippen LogP contribution < -0.4 is 10.2 Å². The van der Waals surface area contributed by atoms with Crippen LogP contribution in [0, 0.1) is 0 Å². The Labute approximate surface area is 248 Å². The number of carbonyl (C=O) groups is 2. The van der Waals surface area contributed by atoms with E-state index >= 15 is 0 Å². The standard InChI is InChI=1S/C31H41N3O7S/c1-7-8-18-31(5,6)23-16-14-22(15-17-23)20-32-28(42(38,39)27-13-10-19-40-27)24-11-9-12-25(33-24)34(21-26(35)36)29(37)41-30(2,3)4/h9-17,19,28,32H,7-8,18,20-21H2,1-6H3,(H,35,36). The second-order valence-corrected chi connectivity index (χ2v) is 13.8. The van der Waals surface area contributed by atoms with Crippen LogP contribution in [0.1, 0.15) is 83.0 Å². The van der Waals surface area contributed by atoms with E-state index in [2.05, 4.69) is 43.2 Å². The quantitative estimate of drug-likeness (QED) is 0.234. The summed E-state index contributed by atoms with van der Waals surface area (Å²) in [6.45, 7) is 11.0. The largest absolute Gasteiger partial charge is 0.480 e. The van der Waals surface area contributed by atoms with E-state index in [9.17, 15) is 23.1 Å². The summed E-state index contributed by atoms with van der Waals surface area (Å²) in [4.78, 5) is 29.7. The van der Waals surface area contributed by atoms with Gasteiger partial charge in [-0.2, -0.15) is 0 Å². The van der Waals surface area contributed by atoms with Gasteiger partial charge in [0.25, 0.3) is 0 Å². The highest BCUT2D eigenvalue weighted by Crippen LogP contribution is 2.31. The van der Waals surface area contributed by atoms with E-state index < -0.39 is 39.4 Å². The molecule has 0 radical (unpaired) electrons. The summed E-state index contributed by atoms with van der Waals surface area (Å²) in [5.41, 5.74) is 1.25. The minimum absolute atomic E-state index is 0.0213. The minimum atomic E-state index is -4.13. The van der Waals surface area contributed by atoms with Gasteiger partial charge in [-0.15, -0.1) is 0 Å². The van der Waals surface area contributed by atoms with Crippen LogP contribution in [0.5, 0.6) is 0 Å². The molecule has 0 aliphatic heterocycles. The molecule has 228 valence electrons. The Kier molecular flexibility index (Phi) is 10.6. The normalized spacial score (nSPS) is 13.0. The van der Waals surface area contributed by atoms with E-state index in [4.69, 9.17) is 9.15 Å². The zero-order valence-electron chi connectivity index (χ0n) is 25.1. The molecule has 11 heteroatoms. The molecule has 1 aromatic carbocycles. The number of hydrogen-bond acceptors (Lipinski definition) is 8. The van der Waals surface area contributed by atoms with E-state index in [1.165, 1.54) is 42.2 Å². The SMILES string of the molecule is CCCCC(C)(C)c1ccc(CNC(c2cccc(N(CC(=O)O)C(=O)OC(C)(C)C)n2)S(=O)(=O)c2ccco2)cc1. The van der Waals surface area contributed by atoms with Gasteiger partial charge in [-0.1, -0.05) is 63.9 Å². The molecule has 0 fully saturated rings. The molecule has 0 saturated heterocycles. The number of unbranched alkanes of at least 4 members (excludes halogenated alkanes) is 1. The van der Waals surface area contributed by atoms with Crippen LogP contribution in [0.25, 0.3) is 0 Å². The zero-order valence-corrected chi connectivity index (χ0v) is 25.9. The van der Waals surface area contributed by atoms with Crippen molar-refractivity contribution < 1.29 is 32.3 Å². The average molecular weight is 600 g/mol. The highest BCUT2D eigenvalue weighted by Gasteiger charge is 2.34. The van der Waals surface area contributed by atoms with E-state index in [-0.39, 0.29) is 28.6 Å². The smallest absolute Gasteiger partial charge is 0.416 e. The van der Waals surface area contributed by atoms with Crippen LogP contribution in [0.3, 0.4) is 0 Å². The number of sulfone groups is 1. The van der Waals surface area contributed by atoms with Gasteiger partial charge in [0.15, 0.2) is 5.37 Å². The number of rotatable bonds is 13. The fraction of sp³-hybridized carbons (Fsp3) is 0.452. The molecule has 0 saturated carbocycles. The van der Waals surface area contributed by atoms with Gasteiger partial charge in [-0.3, -0.25) is 15.0 Å². The summed E-state index contributed by atoms with van der Waals surface area (Å²) < 4.78 is 38.0. The summed E-state index contributed by atoms with van der Waals surface area (Å²) in [5.74, 6) is -1.35. The Morgan fingerprint density at radius 1 is 1.05 bits per heavy atom. The Morgan fingerprint density at radius 2 is 1.74 bits per heavy atom. The fourth-order valence-electron chi connectivity index (χ4n) is 4.39. The van der Waals surface area contributed by atoms with Gasteiger partial charge in [0.05, 0.1) is 12.0 Å². The number of carboxylic acid groups (broad SMARTS) is 1. The van der Waals surface area contributed by atoms with Crippen molar-refractivity contribution in [2.24, 2.45) is 0 Å². The summed E-state index contributed by atoms with van der Waals surface area (Å²) in [6, 6.07) is 15.3. The summed E-state index contributed by atoms with van der Waals surface area (Å²) in [6.07, 6.45) is 3.67. The first-order valence-corrected chi connectivity index (χ1v) is 15.5. The highest BCUT2D eigenvalue weighted by molar-refractivity contribution is 7.91. The topological polar surface area (TPSA) is 139 Å². The molecule has 42 heavy (non-hydrogen) atoms. The molecule has 0 bridgehead atoms. The van der Waals surface area contributed by atoms with E-state index in [1.54, 1.807) is 20.8 Å². The van der Waals surface area contributed by atoms with Gasteiger partial charge < -0.3 is 14.3 Å². The van der Waals surface area contributed by atoms with Gasteiger partial charge in [-0.25, -0.2) is 18.2 Å². The average Bonchev–Trinajstić information content (AvgIpc) is 3.46. The lowest BCUT2D eigenvalue weighted by Crippen LogP contribution is -2.40. The molecule has 1 amide bonds. The Bertz CT molecular complexity index is 1440. The first kappa shape index (κ1) is 32.8. The van der Waals surface area contributed by atoms with Crippen molar-refractivity contribution >= 4 is 27.7 Å². The van der Waals surface area contributed by atoms with Gasteiger partial charge >= 0.3 is 12.1 Å². The minimum Gasteiger partial charge on any atom is -0.480 e. The number of furan rings is 1. The Morgan fingerprint density at radius 3 is 2.31 bits per heavy atom. The monoisotopic (exact) mass is 599 g/mol. The maximum Gasteiger partial charge on any atom is 0.416 e. The van der Waals surface area contributed by atoms with Gasteiger partial charge in [-0.05, 0) is 68.0 Å². The van der Waals surface area contributed by atoms with Crippen LogP contribution in [0.2, 0.25) is 0 Å². The highest BCUT2D eigenvalue weighted by atomic mass is 32.2. The van der Waals surface area contributed by atoms with Gasteiger partial charge in [0.2, 0.25) is 14.9 Å². The lowest BCUT2D eigenvalue weighted by molar-refractivity contribution is -0.135. The fourth-order valence-corrected chi connectivity index (χ4v) is 5.83. The molecule has 2 heterocycles. The number of carboxylic acids is 1. The van der Waals surface area contributed by atoms with Crippen LogP contribution >= 0.6 is 0 Å². The predicted octanol–water partition coefficient (Wildman–Crippen LogP) is 6.23. The third-order valence-electron chi connectivity index (χ3n) is 6.68. The number of pyridine rings is 1. The number of ether oxygens (including phenoxy) is 1.